The van der Waals surface area contributed by atoms with Gasteiger partial charge < -0.3 is 25.8 Å². The van der Waals surface area contributed by atoms with Crippen LogP contribution in [-0.2, 0) is 14.3 Å². The first-order valence-corrected chi connectivity index (χ1v) is 6.88. The summed E-state index contributed by atoms with van der Waals surface area (Å²) in [6.07, 6.45) is 0. The van der Waals surface area contributed by atoms with E-state index in [0.717, 1.165) is 0 Å². The summed E-state index contributed by atoms with van der Waals surface area (Å²) in [5, 5.41) is 16.8. The molecule has 0 radical (unpaired) electrons. The van der Waals surface area contributed by atoms with E-state index >= 15 is 0 Å². The minimum absolute atomic E-state index is 0.0438. The number of rotatable bonds is 6. The van der Waals surface area contributed by atoms with Gasteiger partial charge in [0.05, 0.1) is 25.8 Å². The Morgan fingerprint density at radius 3 is 2.57 bits per heavy atom. The van der Waals surface area contributed by atoms with E-state index in [2.05, 4.69) is 16.0 Å². The van der Waals surface area contributed by atoms with Crippen LogP contribution >= 0.6 is 0 Å². The Balaban J connectivity index is 2.37. The van der Waals surface area contributed by atoms with Crippen molar-refractivity contribution < 1.29 is 24.2 Å². The highest BCUT2D eigenvalue weighted by Crippen LogP contribution is 2.28. The molecule has 21 heavy (non-hydrogen) atoms. The highest BCUT2D eigenvalue weighted by molar-refractivity contribution is 5.84. The molecule has 0 spiro atoms. The number of nitrogens with one attached hydrogen (secondary N) is 3. The number of urea groups is 1. The summed E-state index contributed by atoms with van der Waals surface area (Å²) in [5.41, 5.74) is -1.16. The molecule has 0 aromatic heterocycles. The summed E-state index contributed by atoms with van der Waals surface area (Å²) in [6, 6.07) is -1.22. The summed E-state index contributed by atoms with van der Waals surface area (Å²) in [7, 11) is 0. The van der Waals surface area contributed by atoms with Gasteiger partial charge in [-0.25, -0.2) is 4.79 Å². The van der Waals surface area contributed by atoms with Crippen molar-refractivity contribution in [2.75, 3.05) is 26.3 Å². The number of aliphatic carboxylic acids is 1. The highest BCUT2D eigenvalue weighted by Gasteiger charge is 2.47. The third kappa shape index (κ3) is 4.89. The van der Waals surface area contributed by atoms with Gasteiger partial charge in [-0.3, -0.25) is 9.59 Å². The lowest BCUT2D eigenvalue weighted by Gasteiger charge is -2.25. The largest absolute Gasteiger partial charge is 0.481 e. The van der Waals surface area contributed by atoms with Crippen LogP contribution in [0.25, 0.3) is 0 Å². The summed E-state index contributed by atoms with van der Waals surface area (Å²) in [5.74, 6) is -0.989. The summed E-state index contributed by atoms with van der Waals surface area (Å²) in [6.45, 7) is 6.01. The van der Waals surface area contributed by atoms with Gasteiger partial charge in [0, 0.05) is 6.54 Å². The smallest absolute Gasteiger partial charge is 0.315 e. The van der Waals surface area contributed by atoms with Crippen molar-refractivity contribution in [1.29, 1.82) is 0 Å². The van der Waals surface area contributed by atoms with Gasteiger partial charge >= 0.3 is 12.0 Å². The maximum atomic E-state index is 11.7. The monoisotopic (exact) mass is 301 g/mol. The van der Waals surface area contributed by atoms with E-state index in [1.54, 1.807) is 0 Å². The molecule has 4 N–H and O–H groups in total. The van der Waals surface area contributed by atoms with Gasteiger partial charge in [0.25, 0.3) is 0 Å². The van der Waals surface area contributed by atoms with Crippen molar-refractivity contribution in [2.24, 2.45) is 11.3 Å². The first-order chi connectivity index (χ1) is 9.75. The number of hydrogen-bond acceptors (Lipinski definition) is 4. The Hall–Kier alpha value is -1.83. The Bertz CT molecular complexity index is 413. The van der Waals surface area contributed by atoms with Crippen LogP contribution in [0.1, 0.15) is 20.8 Å². The number of carboxylic acids is 1. The lowest BCUT2D eigenvalue weighted by atomic mass is 9.85. The zero-order chi connectivity index (χ0) is 16.0. The quantitative estimate of drug-likeness (QED) is 0.530. The lowest BCUT2D eigenvalue weighted by molar-refractivity contribution is -0.148. The minimum atomic E-state index is -1.16. The molecule has 0 aromatic rings. The third-order valence-corrected chi connectivity index (χ3v) is 3.37. The van der Waals surface area contributed by atoms with E-state index in [-0.39, 0.29) is 25.7 Å². The molecule has 2 atom stereocenters. The van der Waals surface area contributed by atoms with E-state index < -0.39 is 23.5 Å². The number of hydrogen-bond donors (Lipinski definition) is 4. The van der Waals surface area contributed by atoms with E-state index in [9.17, 15) is 19.5 Å². The van der Waals surface area contributed by atoms with Crippen LogP contribution in [0.15, 0.2) is 0 Å². The number of ether oxygens (including phenoxy) is 1. The normalized spacial score (nSPS) is 24.7. The second-order valence-electron chi connectivity index (χ2n) is 5.82. The molecule has 1 rings (SSSR count). The number of carbonyl (C=O) groups excluding carboxylic acids is 2. The van der Waals surface area contributed by atoms with Crippen molar-refractivity contribution in [2.45, 2.75) is 26.8 Å². The molecule has 2 unspecified atom stereocenters. The van der Waals surface area contributed by atoms with E-state index in [1.807, 2.05) is 13.8 Å². The van der Waals surface area contributed by atoms with Crippen LogP contribution in [-0.4, -0.2) is 55.4 Å². The van der Waals surface area contributed by atoms with Crippen LogP contribution < -0.4 is 16.0 Å². The number of carboxylic acid groups (broad SMARTS) is 1. The summed E-state index contributed by atoms with van der Waals surface area (Å²) >= 11 is 0. The van der Waals surface area contributed by atoms with Gasteiger partial charge in [-0.15, -0.1) is 0 Å². The van der Waals surface area contributed by atoms with Gasteiger partial charge in [0.15, 0.2) is 0 Å². The molecular weight excluding hydrogens is 278 g/mol. The molecule has 8 heteroatoms. The number of amides is 3. The van der Waals surface area contributed by atoms with Crippen LogP contribution in [0, 0.1) is 11.3 Å². The molecule has 1 heterocycles. The Labute approximate surface area is 123 Å². The van der Waals surface area contributed by atoms with E-state index in [0.29, 0.717) is 12.5 Å². The molecule has 0 aromatic carbocycles. The fraction of sp³-hybridized carbons (Fsp3) is 0.769. The van der Waals surface area contributed by atoms with Crippen molar-refractivity contribution in [3.05, 3.63) is 0 Å². The fourth-order valence-electron chi connectivity index (χ4n) is 1.84. The molecule has 0 bridgehead atoms. The topological polar surface area (TPSA) is 117 Å². The first-order valence-electron chi connectivity index (χ1n) is 6.88. The van der Waals surface area contributed by atoms with Crippen molar-refractivity contribution in [3.8, 4) is 0 Å². The molecule has 1 fully saturated rings. The predicted molar refractivity (Wildman–Crippen MR) is 74.7 cm³/mol. The van der Waals surface area contributed by atoms with Crippen LogP contribution in [0.5, 0.6) is 0 Å². The van der Waals surface area contributed by atoms with Crippen molar-refractivity contribution >= 4 is 17.9 Å². The molecule has 1 saturated heterocycles. The number of carbonyl (C=O) groups is 3. The maximum absolute atomic E-state index is 11.7. The Morgan fingerprint density at radius 1 is 1.33 bits per heavy atom. The van der Waals surface area contributed by atoms with E-state index in [4.69, 9.17) is 4.74 Å². The Morgan fingerprint density at radius 2 is 2.00 bits per heavy atom. The molecule has 1 aliphatic heterocycles. The SMILES string of the molecule is CC(C)CNC(=O)CNC(=O)NC1COCC1(C)C(=O)O. The van der Waals surface area contributed by atoms with Crippen LogP contribution in [0.3, 0.4) is 0 Å². The zero-order valence-electron chi connectivity index (χ0n) is 12.6. The van der Waals surface area contributed by atoms with Gasteiger partial charge in [0.2, 0.25) is 5.91 Å². The molecule has 0 saturated carbocycles. The molecular formula is C13H23N3O5. The molecule has 1 aliphatic rings. The fourth-order valence-corrected chi connectivity index (χ4v) is 1.84. The summed E-state index contributed by atoms with van der Waals surface area (Å²) < 4.78 is 5.12. The van der Waals surface area contributed by atoms with Gasteiger partial charge in [0.1, 0.15) is 5.41 Å². The average molecular weight is 301 g/mol. The average Bonchev–Trinajstić information content (AvgIpc) is 2.77. The molecule has 120 valence electrons. The van der Waals surface area contributed by atoms with Gasteiger partial charge in [-0.05, 0) is 12.8 Å². The van der Waals surface area contributed by atoms with Gasteiger partial charge in [-0.1, -0.05) is 13.8 Å². The molecule has 0 aliphatic carbocycles. The van der Waals surface area contributed by atoms with Crippen LogP contribution in [0.4, 0.5) is 4.79 Å². The first kappa shape index (κ1) is 17.2. The molecule has 3 amide bonds. The predicted octanol–water partition coefficient (Wildman–Crippen LogP) is -0.452. The van der Waals surface area contributed by atoms with Gasteiger partial charge in [-0.2, -0.15) is 0 Å². The zero-order valence-corrected chi connectivity index (χ0v) is 12.6. The Kier molecular flexibility index (Phi) is 5.95. The summed E-state index contributed by atoms with van der Waals surface area (Å²) in [4.78, 5) is 34.4. The second-order valence-corrected chi connectivity index (χ2v) is 5.82. The lowest BCUT2D eigenvalue weighted by Crippen LogP contribution is -2.53. The minimum Gasteiger partial charge on any atom is -0.481 e. The van der Waals surface area contributed by atoms with Crippen LogP contribution in [0.2, 0.25) is 0 Å². The highest BCUT2D eigenvalue weighted by atomic mass is 16.5. The standard InChI is InChI=1S/C13H23N3O5/c1-8(2)4-14-10(17)5-15-12(20)16-9-6-21-7-13(9,3)11(18)19/h8-9H,4-7H2,1-3H3,(H,14,17)(H,18,19)(H2,15,16,20). The third-order valence-electron chi connectivity index (χ3n) is 3.37. The van der Waals surface area contributed by atoms with E-state index in [1.165, 1.54) is 6.92 Å². The maximum Gasteiger partial charge on any atom is 0.315 e. The van der Waals surface area contributed by atoms with Crippen molar-refractivity contribution in [3.63, 3.8) is 0 Å². The van der Waals surface area contributed by atoms with Crippen molar-refractivity contribution in [1.82, 2.24) is 16.0 Å². The molecule has 8 nitrogen and oxygen atoms in total. The second kappa shape index (κ2) is 7.26.